The van der Waals surface area contributed by atoms with E-state index in [1.165, 1.54) is 17.9 Å². The number of carboxylic acids is 1. The van der Waals surface area contributed by atoms with Gasteiger partial charge >= 0.3 is 12.1 Å². The fraction of sp³-hybridized carbons (Fsp3) is 0.308. The molecule has 1 heterocycles. The number of nitrogens with one attached hydrogen (secondary N) is 2. The fourth-order valence-corrected chi connectivity index (χ4v) is 4.39. The molecule has 0 saturated heterocycles. The Morgan fingerprint density at radius 3 is 2.17 bits per heavy atom. The quantitative estimate of drug-likeness (QED) is 0.494. The minimum absolute atomic E-state index is 0.0222. The number of fused-ring (bicyclic) bond motifs is 3. The highest BCUT2D eigenvalue weighted by molar-refractivity contribution is 6.02. The van der Waals surface area contributed by atoms with E-state index in [9.17, 15) is 19.5 Å². The molecule has 0 fully saturated rings. The molecule has 1 aliphatic rings. The van der Waals surface area contributed by atoms with E-state index >= 15 is 0 Å². The van der Waals surface area contributed by atoms with E-state index in [1.54, 1.807) is 20.8 Å². The highest BCUT2D eigenvalue weighted by Crippen LogP contribution is 2.44. The highest BCUT2D eigenvalue weighted by Gasteiger charge is 2.34. The first-order valence-electron chi connectivity index (χ1n) is 11.3. The maximum atomic E-state index is 12.9. The van der Waals surface area contributed by atoms with Crippen LogP contribution in [-0.2, 0) is 16.6 Å². The van der Waals surface area contributed by atoms with Gasteiger partial charge in [0.2, 0.25) is 0 Å². The number of aromatic nitrogens is 2. The Labute approximate surface area is 203 Å². The fourth-order valence-electron chi connectivity index (χ4n) is 4.39. The number of amides is 2. The standard InChI is InChI=1S/C26H28N4O5/c1-26(2,3)22(24(32)33)29-23(31)21-20(13-27-30(21)4)28-25(34)35-14-19-17-11-7-5-9-15(17)16-10-6-8-12-18(16)19/h5-13,19,22H,14H2,1-4H3,(H,28,34)(H,29,31)(H,32,33)/t22-/m0/s1. The van der Waals surface area contributed by atoms with Gasteiger partial charge in [-0.05, 0) is 27.7 Å². The minimum Gasteiger partial charge on any atom is -0.480 e. The third-order valence-electron chi connectivity index (χ3n) is 6.12. The van der Waals surface area contributed by atoms with E-state index in [1.807, 2.05) is 36.4 Å². The number of nitrogens with zero attached hydrogens (tertiary/aromatic N) is 2. The molecule has 2 amide bonds. The van der Waals surface area contributed by atoms with Gasteiger partial charge < -0.3 is 15.2 Å². The second-order valence-electron chi connectivity index (χ2n) is 9.59. The maximum absolute atomic E-state index is 12.9. The van der Waals surface area contributed by atoms with Crippen molar-refractivity contribution in [3.8, 4) is 11.1 Å². The molecule has 4 rings (SSSR count). The SMILES string of the molecule is Cn1ncc(NC(=O)OCC2c3ccccc3-c3ccccc32)c1C(=O)N[C@@H](C(=O)O)C(C)(C)C. The smallest absolute Gasteiger partial charge is 0.411 e. The van der Waals surface area contributed by atoms with Gasteiger partial charge in [0.15, 0.2) is 0 Å². The van der Waals surface area contributed by atoms with Gasteiger partial charge in [0.1, 0.15) is 18.3 Å². The van der Waals surface area contributed by atoms with Crippen LogP contribution in [0.15, 0.2) is 54.7 Å². The van der Waals surface area contributed by atoms with Crippen molar-refractivity contribution in [1.82, 2.24) is 15.1 Å². The van der Waals surface area contributed by atoms with Crippen LogP contribution in [0.2, 0.25) is 0 Å². The first kappa shape index (κ1) is 24.0. The van der Waals surface area contributed by atoms with Crippen LogP contribution < -0.4 is 10.6 Å². The molecule has 3 N–H and O–H groups in total. The lowest BCUT2D eigenvalue weighted by Gasteiger charge is -2.27. The van der Waals surface area contributed by atoms with Gasteiger partial charge in [0.25, 0.3) is 5.91 Å². The molecule has 9 heteroatoms. The number of anilines is 1. The average Bonchev–Trinajstić information content (AvgIpc) is 3.32. The van der Waals surface area contributed by atoms with Crippen molar-refractivity contribution < 1.29 is 24.2 Å². The zero-order chi connectivity index (χ0) is 25.3. The van der Waals surface area contributed by atoms with Crippen molar-refractivity contribution in [3.63, 3.8) is 0 Å². The van der Waals surface area contributed by atoms with Crippen LogP contribution in [0.3, 0.4) is 0 Å². The van der Waals surface area contributed by atoms with Crippen LogP contribution in [0, 0.1) is 5.41 Å². The predicted octanol–water partition coefficient (Wildman–Crippen LogP) is 4.01. The molecule has 35 heavy (non-hydrogen) atoms. The summed E-state index contributed by atoms with van der Waals surface area (Å²) >= 11 is 0. The lowest BCUT2D eigenvalue weighted by atomic mass is 9.86. The monoisotopic (exact) mass is 476 g/mol. The summed E-state index contributed by atoms with van der Waals surface area (Å²) < 4.78 is 6.82. The van der Waals surface area contributed by atoms with Crippen LogP contribution >= 0.6 is 0 Å². The molecule has 2 aromatic carbocycles. The maximum Gasteiger partial charge on any atom is 0.411 e. The minimum atomic E-state index is -1.15. The number of rotatable bonds is 6. The average molecular weight is 477 g/mol. The van der Waals surface area contributed by atoms with Crippen molar-refractivity contribution in [1.29, 1.82) is 0 Å². The Balaban J connectivity index is 1.47. The van der Waals surface area contributed by atoms with E-state index in [0.29, 0.717) is 0 Å². The summed E-state index contributed by atoms with van der Waals surface area (Å²) in [6.45, 7) is 5.26. The van der Waals surface area contributed by atoms with E-state index in [2.05, 4.69) is 27.9 Å². The van der Waals surface area contributed by atoms with Gasteiger partial charge in [-0.1, -0.05) is 69.3 Å². The first-order valence-corrected chi connectivity index (χ1v) is 11.3. The number of carbonyl (C=O) groups is 3. The number of carbonyl (C=O) groups excluding carboxylic acids is 2. The Bertz CT molecular complexity index is 1250. The Hall–Kier alpha value is -4.14. The van der Waals surface area contributed by atoms with Crippen molar-refractivity contribution >= 4 is 23.7 Å². The summed E-state index contributed by atoms with van der Waals surface area (Å²) in [7, 11) is 1.53. The second-order valence-corrected chi connectivity index (χ2v) is 9.59. The van der Waals surface area contributed by atoms with Crippen LogP contribution in [0.1, 0.15) is 48.3 Å². The molecule has 0 saturated carbocycles. The van der Waals surface area contributed by atoms with E-state index in [4.69, 9.17) is 4.74 Å². The summed E-state index contributed by atoms with van der Waals surface area (Å²) in [5.74, 6) is -1.92. The molecule has 0 unspecified atom stereocenters. The molecular formula is C26H28N4O5. The molecule has 182 valence electrons. The molecule has 1 atom stereocenters. The molecule has 0 aliphatic heterocycles. The second kappa shape index (κ2) is 9.25. The summed E-state index contributed by atoms with van der Waals surface area (Å²) in [6.07, 6.45) is 0.586. The Kier molecular flexibility index (Phi) is 6.34. The van der Waals surface area contributed by atoms with E-state index in [0.717, 1.165) is 22.3 Å². The van der Waals surface area contributed by atoms with Gasteiger partial charge in [-0.2, -0.15) is 5.10 Å². The van der Waals surface area contributed by atoms with Gasteiger partial charge in [-0.3, -0.25) is 14.8 Å². The number of carboxylic acid groups (broad SMARTS) is 1. The summed E-state index contributed by atoms with van der Waals surface area (Å²) in [5, 5.41) is 18.7. The molecule has 0 spiro atoms. The number of aryl methyl sites for hydroxylation is 1. The third-order valence-corrected chi connectivity index (χ3v) is 6.12. The first-order chi connectivity index (χ1) is 16.6. The molecule has 1 aliphatic carbocycles. The number of hydrogen-bond acceptors (Lipinski definition) is 5. The lowest BCUT2D eigenvalue weighted by Crippen LogP contribution is -2.49. The number of benzene rings is 2. The molecule has 0 radical (unpaired) electrons. The summed E-state index contributed by atoms with van der Waals surface area (Å²) in [4.78, 5) is 37.2. The zero-order valence-corrected chi connectivity index (χ0v) is 20.0. The Morgan fingerprint density at radius 2 is 1.63 bits per heavy atom. The highest BCUT2D eigenvalue weighted by atomic mass is 16.5. The topological polar surface area (TPSA) is 123 Å². The predicted molar refractivity (Wildman–Crippen MR) is 130 cm³/mol. The van der Waals surface area contributed by atoms with Crippen LogP contribution in [-0.4, -0.2) is 45.5 Å². The number of hydrogen-bond donors (Lipinski definition) is 3. The summed E-state index contributed by atoms with van der Waals surface area (Å²) in [5.41, 5.74) is 3.84. The van der Waals surface area contributed by atoms with E-state index < -0.39 is 29.4 Å². The molecule has 1 aromatic heterocycles. The zero-order valence-electron chi connectivity index (χ0n) is 20.0. The van der Waals surface area contributed by atoms with Crippen LogP contribution in [0.25, 0.3) is 11.1 Å². The normalized spacial score (nSPS) is 13.5. The largest absolute Gasteiger partial charge is 0.480 e. The Morgan fingerprint density at radius 1 is 1.06 bits per heavy atom. The van der Waals surface area contributed by atoms with Crippen molar-refractivity contribution in [2.45, 2.75) is 32.7 Å². The summed E-state index contributed by atoms with van der Waals surface area (Å²) in [6, 6.07) is 14.9. The molecular weight excluding hydrogens is 448 g/mol. The molecule has 0 bridgehead atoms. The van der Waals surface area contributed by atoms with Crippen molar-refractivity contribution in [2.24, 2.45) is 12.5 Å². The lowest BCUT2D eigenvalue weighted by molar-refractivity contribution is -0.142. The van der Waals surface area contributed by atoms with Gasteiger partial charge in [0.05, 0.1) is 11.9 Å². The number of ether oxygens (including phenoxy) is 1. The van der Waals surface area contributed by atoms with Crippen LogP contribution in [0.5, 0.6) is 0 Å². The number of aliphatic carboxylic acids is 1. The van der Waals surface area contributed by atoms with Crippen LogP contribution in [0.4, 0.5) is 10.5 Å². The van der Waals surface area contributed by atoms with Crippen molar-refractivity contribution in [3.05, 3.63) is 71.5 Å². The molecule has 9 nitrogen and oxygen atoms in total. The van der Waals surface area contributed by atoms with Crippen molar-refractivity contribution in [2.75, 3.05) is 11.9 Å². The van der Waals surface area contributed by atoms with E-state index in [-0.39, 0.29) is 23.9 Å². The van der Waals surface area contributed by atoms with Gasteiger partial charge in [-0.25, -0.2) is 9.59 Å². The van der Waals surface area contributed by atoms with Gasteiger partial charge in [-0.15, -0.1) is 0 Å². The third kappa shape index (κ3) is 4.75. The molecule has 3 aromatic rings. The van der Waals surface area contributed by atoms with Gasteiger partial charge in [0, 0.05) is 13.0 Å².